The molecule has 0 saturated carbocycles. The molecular formula is C21H21N3O4. The molecule has 0 atom stereocenters. The Bertz CT molecular complexity index is 905. The first-order chi connectivity index (χ1) is 13.7. The molecule has 3 aromatic rings. The van der Waals surface area contributed by atoms with E-state index in [9.17, 15) is 4.79 Å². The van der Waals surface area contributed by atoms with E-state index >= 15 is 0 Å². The molecule has 0 spiro atoms. The molecule has 0 bridgehead atoms. The van der Waals surface area contributed by atoms with E-state index in [1.165, 1.54) is 6.08 Å². The van der Waals surface area contributed by atoms with Crippen LogP contribution >= 0.6 is 0 Å². The van der Waals surface area contributed by atoms with Crippen molar-refractivity contribution in [3.8, 4) is 11.5 Å². The number of hydrogen-bond donors (Lipinski definition) is 0. The van der Waals surface area contributed by atoms with Crippen LogP contribution in [0, 0.1) is 0 Å². The van der Waals surface area contributed by atoms with Crippen LogP contribution in [0.4, 0.5) is 0 Å². The van der Waals surface area contributed by atoms with Crippen molar-refractivity contribution in [3.63, 3.8) is 0 Å². The Morgan fingerprint density at radius 1 is 1.04 bits per heavy atom. The van der Waals surface area contributed by atoms with E-state index in [1.54, 1.807) is 48.3 Å². The number of ether oxygens (including phenoxy) is 3. The van der Waals surface area contributed by atoms with Crippen molar-refractivity contribution in [2.24, 2.45) is 0 Å². The van der Waals surface area contributed by atoms with Gasteiger partial charge in [-0.15, -0.1) is 5.10 Å². The normalized spacial score (nSPS) is 10.8. The molecule has 0 amide bonds. The van der Waals surface area contributed by atoms with Crippen molar-refractivity contribution in [3.05, 3.63) is 78.1 Å². The van der Waals surface area contributed by atoms with Crippen LogP contribution in [0.25, 0.3) is 6.08 Å². The molecule has 28 heavy (non-hydrogen) atoms. The third-order valence-corrected chi connectivity index (χ3v) is 3.79. The summed E-state index contributed by atoms with van der Waals surface area (Å²) in [5.41, 5.74) is 1.71. The average molecular weight is 379 g/mol. The van der Waals surface area contributed by atoms with E-state index in [0.717, 1.165) is 11.3 Å². The topological polar surface area (TPSA) is 75.5 Å². The molecule has 7 heteroatoms. The van der Waals surface area contributed by atoms with Gasteiger partial charge in [0.05, 0.1) is 19.9 Å². The van der Waals surface area contributed by atoms with Gasteiger partial charge in [-0.3, -0.25) is 0 Å². The summed E-state index contributed by atoms with van der Waals surface area (Å²) in [6.45, 7) is 1.03. The molecule has 1 aromatic heterocycles. The Labute approximate surface area is 163 Å². The van der Waals surface area contributed by atoms with Crippen LogP contribution in [0.1, 0.15) is 11.3 Å². The maximum Gasteiger partial charge on any atom is 0.330 e. The predicted octanol–water partition coefficient (Wildman–Crippen LogP) is 2.97. The summed E-state index contributed by atoms with van der Waals surface area (Å²) in [6, 6.07) is 17.1. The highest BCUT2D eigenvalue weighted by Gasteiger charge is 2.02. The molecule has 2 aromatic carbocycles. The second-order valence-electron chi connectivity index (χ2n) is 5.85. The molecular weight excluding hydrogens is 358 g/mol. The smallest absolute Gasteiger partial charge is 0.330 e. The van der Waals surface area contributed by atoms with Crippen molar-refractivity contribution < 1.29 is 19.0 Å². The third-order valence-electron chi connectivity index (χ3n) is 3.79. The lowest BCUT2D eigenvalue weighted by Gasteiger charge is -2.07. The van der Waals surface area contributed by atoms with Gasteiger partial charge in [0.1, 0.15) is 30.4 Å². The zero-order chi connectivity index (χ0) is 19.6. The number of aromatic nitrogens is 3. The number of carbonyl (C=O) groups excluding carboxylic acids is 1. The molecule has 0 saturated heterocycles. The zero-order valence-corrected chi connectivity index (χ0v) is 15.5. The molecule has 3 rings (SSSR count). The minimum absolute atomic E-state index is 0.149. The zero-order valence-electron chi connectivity index (χ0n) is 15.5. The molecule has 144 valence electrons. The van der Waals surface area contributed by atoms with E-state index in [0.29, 0.717) is 18.0 Å². The lowest BCUT2D eigenvalue weighted by Crippen LogP contribution is -2.10. The van der Waals surface area contributed by atoms with E-state index in [1.807, 2.05) is 30.3 Å². The van der Waals surface area contributed by atoms with Gasteiger partial charge < -0.3 is 14.2 Å². The summed E-state index contributed by atoms with van der Waals surface area (Å²) in [5.74, 6) is 0.975. The second kappa shape index (κ2) is 9.91. The molecule has 0 aliphatic heterocycles. The van der Waals surface area contributed by atoms with E-state index in [2.05, 4.69) is 10.3 Å². The van der Waals surface area contributed by atoms with Gasteiger partial charge in [0, 0.05) is 6.08 Å². The highest BCUT2D eigenvalue weighted by molar-refractivity contribution is 5.86. The Morgan fingerprint density at radius 3 is 2.54 bits per heavy atom. The Hall–Kier alpha value is -3.61. The fourth-order valence-electron chi connectivity index (χ4n) is 2.41. The van der Waals surface area contributed by atoms with Crippen LogP contribution in [0.5, 0.6) is 11.5 Å². The van der Waals surface area contributed by atoms with E-state index in [-0.39, 0.29) is 13.2 Å². The number of carbonyl (C=O) groups is 1. The van der Waals surface area contributed by atoms with Crippen molar-refractivity contribution in [2.75, 3.05) is 20.3 Å². The van der Waals surface area contributed by atoms with Crippen LogP contribution in [-0.2, 0) is 16.1 Å². The maximum absolute atomic E-state index is 11.8. The van der Waals surface area contributed by atoms with E-state index < -0.39 is 5.97 Å². The summed E-state index contributed by atoms with van der Waals surface area (Å²) in [5, 5.41) is 8.06. The first-order valence-electron chi connectivity index (χ1n) is 8.79. The fourth-order valence-corrected chi connectivity index (χ4v) is 2.41. The Morgan fingerprint density at radius 2 is 1.79 bits per heavy atom. The van der Waals surface area contributed by atoms with Crippen LogP contribution in [-0.4, -0.2) is 41.3 Å². The molecule has 1 heterocycles. The van der Waals surface area contributed by atoms with Crippen molar-refractivity contribution in [2.45, 2.75) is 6.54 Å². The second-order valence-corrected chi connectivity index (χ2v) is 5.85. The first kappa shape index (κ1) is 19.2. The molecule has 7 nitrogen and oxygen atoms in total. The summed E-state index contributed by atoms with van der Waals surface area (Å²) in [6.07, 6.45) is 4.66. The summed E-state index contributed by atoms with van der Waals surface area (Å²) in [4.78, 5) is 11.8. The summed E-state index contributed by atoms with van der Waals surface area (Å²) >= 11 is 0. The largest absolute Gasteiger partial charge is 0.497 e. The average Bonchev–Trinajstić information content (AvgIpc) is 3.18. The van der Waals surface area contributed by atoms with Gasteiger partial charge in [0.2, 0.25) is 0 Å². The molecule has 0 aliphatic carbocycles. The quantitative estimate of drug-likeness (QED) is 0.323. The van der Waals surface area contributed by atoms with Crippen LogP contribution < -0.4 is 9.47 Å². The SMILES string of the molecule is COc1ccc(OCCOC(=O)/C=C/c2cn(Cc3ccccc3)nn2)cc1. The van der Waals surface area contributed by atoms with Crippen molar-refractivity contribution in [1.29, 1.82) is 0 Å². The predicted molar refractivity (Wildman–Crippen MR) is 104 cm³/mol. The number of esters is 1. The van der Waals surface area contributed by atoms with Gasteiger partial charge in [0.25, 0.3) is 0 Å². The highest BCUT2D eigenvalue weighted by Crippen LogP contribution is 2.16. The lowest BCUT2D eigenvalue weighted by molar-refractivity contribution is -0.138. The number of rotatable bonds is 9. The minimum atomic E-state index is -0.462. The van der Waals surface area contributed by atoms with Gasteiger partial charge in [-0.2, -0.15) is 0 Å². The van der Waals surface area contributed by atoms with Crippen LogP contribution in [0.3, 0.4) is 0 Å². The number of benzene rings is 2. The van der Waals surface area contributed by atoms with Crippen LogP contribution in [0.2, 0.25) is 0 Å². The fraction of sp³-hybridized carbons (Fsp3) is 0.190. The van der Waals surface area contributed by atoms with E-state index in [4.69, 9.17) is 14.2 Å². The van der Waals surface area contributed by atoms with Gasteiger partial charge in [-0.1, -0.05) is 35.5 Å². The molecule has 0 fully saturated rings. The van der Waals surface area contributed by atoms with Gasteiger partial charge in [-0.05, 0) is 35.9 Å². The first-order valence-corrected chi connectivity index (χ1v) is 8.79. The summed E-state index contributed by atoms with van der Waals surface area (Å²) < 4.78 is 17.4. The molecule has 0 N–H and O–H groups in total. The maximum atomic E-state index is 11.8. The van der Waals surface area contributed by atoms with Gasteiger partial charge in [-0.25, -0.2) is 9.48 Å². The van der Waals surface area contributed by atoms with Gasteiger partial charge >= 0.3 is 5.97 Å². The third kappa shape index (κ3) is 5.98. The van der Waals surface area contributed by atoms with Crippen molar-refractivity contribution in [1.82, 2.24) is 15.0 Å². The number of methoxy groups -OCH3 is 1. The highest BCUT2D eigenvalue weighted by atomic mass is 16.6. The lowest BCUT2D eigenvalue weighted by atomic mass is 10.2. The summed E-state index contributed by atoms with van der Waals surface area (Å²) in [7, 11) is 1.60. The minimum Gasteiger partial charge on any atom is -0.497 e. The van der Waals surface area contributed by atoms with Crippen molar-refractivity contribution >= 4 is 12.0 Å². The monoisotopic (exact) mass is 379 g/mol. The number of nitrogens with zero attached hydrogens (tertiary/aromatic N) is 3. The molecule has 0 aliphatic rings. The Kier molecular flexibility index (Phi) is 6.78. The standard InChI is InChI=1S/C21H21N3O4/c1-26-19-8-10-20(11-9-19)27-13-14-28-21(25)12-7-18-16-24(23-22-18)15-17-5-3-2-4-6-17/h2-12,16H,13-15H2,1H3/b12-7+. The molecule has 0 radical (unpaired) electrons. The molecule has 0 unspecified atom stereocenters. The number of hydrogen-bond acceptors (Lipinski definition) is 6. The van der Waals surface area contributed by atoms with Gasteiger partial charge in [0.15, 0.2) is 0 Å². The Balaban J connectivity index is 1.39. The van der Waals surface area contributed by atoms with Crippen LogP contribution in [0.15, 0.2) is 66.9 Å².